The third kappa shape index (κ3) is 3.30. The predicted octanol–water partition coefficient (Wildman–Crippen LogP) is 0.106. The van der Waals surface area contributed by atoms with E-state index in [1.807, 2.05) is 0 Å². The highest BCUT2D eigenvalue weighted by molar-refractivity contribution is 6.04. The molecule has 1 heterocycles. The topological polar surface area (TPSA) is 84.5 Å². The number of methoxy groups -OCH3 is 1. The number of halogens is 1. The summed E-state index contributed by atoms with van der Waals surface area (Å²) >= 11 is 0. The lowest BCUT2D eigenvalue weighted by Gasteiger charge is -2.23. The predicted molar refractivity (Wildman–Crippen MR) is 67.0 cm³/mol. The summed E-state index contributed by atoms with van der Waals surface area (Å²) in [6.45, 7) is 0. The van der Waals surface area contributed by atoms with Gasteiger partial charge < -0.3 is 10.1 Å². The van der Waals surface area contributed by atoms with Crippen molar-refractivity contribution in [3.8, 4) is 0 Å². The minimum absolute atomic E-state index is 0.0890. The van der Waals surface area contributed by atoms with Crippen LogP contribution in [0.2, 0.25) is 0 Å². The number of carbonyl (C=O) groups is 3. The number of nitrogens with one attached hydrogen (secondary N) is 2. The van der Waals surface area contributed by atoms with Gasteiger partial charge in [-0.1, -0.05) is 0 Å². The molecule has 1 aliphatic heterocycles. The Morgan fingerprint density at radius 2 is 2.25 bits per heavy atom. The van der Waals surface area contributed by atoms with E-state index in [9.17, 15) is 18.8 Å². The van der Waals surface area contributed by atoms with Gasteiger partial charge in [-0.2, -0.15) is 0 Å². The molecule has 0 aromatic heterocycles. The summed E-state index contributed by atoms with van der Waals surface area (Å²) in [6.07, 6.45) is 2.62. The van der Waals surface area contributed by atoms with Crippen LogP contribution in [0, 0.1) is 0 Å². The van der Waals surface area contributed by atoms with E-state index in [2.05, 4.69) is 10.6 Å². The highest BCUT2D eigenvalue weighted by Gasteiger charge is 2.29. The van der Waals surface area contributed by atoms with E-state index in [1.54, 1.807) is 0 Å². The number of carbonyl (C=O) groups excluding carboxylic acids is 3. The number of piperidine rings is 1. The summed E-state index contributed by atoms with van der Waals surface area (Å²) < 4.78 is 18.4. The van der Waals surface area contributed by atoms with Crippen molar-refractivity contribution in [2.75, 3.05) is 7.11 Å². The normalized spacial score (nSPS) is 26.5. The lowest BCUT2D eigenvalue weighted by Crippen LogP contribution is -2.52. The molecule has 0 aromatic rings. The maximum Gasteiger partial charge on any atom is 0.251 e. The fourth-order valence-electron chi connectivity index (χ4n) is 2.09. The molecule has 20 heavy (non-hydrogen) atoms. The highest BCUT2D eigenvalue weighted by Crippen LogP contribution is 2.21. The van der Waals surface area contributed by atoms with E-state index < -0.39 is 29.8 Å². The summed E-state index contributed by atoms with van der Waals surface area (Å²) in [5.41, 5.74) is 0.116. The first-order valence-electron chi connectivity index (χ1n) is 6.25. The number of ether oxygens (including phenoxy) is 1. The molecule has 2 atom stereocenters. The summed E-state index contributed by atoms with van der Waals surface area (Å²) in [4.78, 5) is 34.5. The van der Waals surface area contributed by atoms with Crippen LogP contribution in [-0.2, 0) is 19.1 Å². The molecule has 3 amide bonds. The van der Waals surface area contributed by atoms with E-state index in [1.165, 1.54) is 13.2 Å². The van der Waals surface area contributed by atoms with Gasteiger partial charge in [0.05, 0.1) is 6.10 Å². The lowest BCUT2D eigenvalue weighted by atomic mass is 10.0. The van der Waals surface area contributed by atoms with Gasteiger partial charge in [-0.05, 0) is 18.6 Å². The van der Waals surface area contributed by atoms with Crippen molar-refractivity contribution in [3.63, 3.8) is 0 Å². The fraction of sp³-hybridized carbons (Fsp3) is 0.462. The Hall–Kier alpha value is -2.02. The standard InChI is InChI=1S/C13H15FN2O4/c1-20-9-5-7(4-8(14)6-9)12(18)15-10-2-3-11(17)16-13(10)19/h4-5,9-10H,2-3,6H2,1H3,(H,15,18)(H,16,17,19). The molecule has 0 bridgehead atoms. The molecule has 0 radical (unpaired) electrons. The minimum Gasteiger partial charge on any atom is -0.377 e. The van der Waals surface area contributed by atoms with Crippen molar-refractivity contribution in [2.24, 2.45) is 0 Å². The molecule has 0 saturated carbocycles. The van der Waals surface area contributed by atoms with Crippen LogP contribution in [0.5, 0.6) is 0 Å². The van der Waals surface area contributed by atoms with Crippen molar-refractivity contribution in [1.82, 2.24) is 10.6 Å². The Bertz CT molecular complexity index is 513. The summed E-state index contributed by atoms with van der Waals surface area (Å²) in [5.74, 6) is -1.91. The third-order valence-electron chi connectivity index (χ3n) is 3.18. The van der Waals surface area contributed by atoms with E-state index in [4.69, 9.17) is 4.74 Å². The smallest absolute Gasteiger partial charge is 0.251 e. The number of imide groups is 1. The van der Waals surface area contributed by atoms with Gasteiger partial charge in [0.1, 0.15) is 11.9 Å². The Morgan fingerprint density at radius 1 is 1.50 bits per heavy atom. The first kappa shape index (κ1) is 14.4. The number of amides is 3. The quantitative estimate of drug-likeness (QED) is 0.719. The zero-order chi connectivity index (χ0) is 14.7. The average molecular weight is 282 g/mol. The van der Waals surface area contributed by atoms with Crippen LogP contribution in [-0.4, -0.2) is 37.0 Å². The first-order valence-corrected chi connectivity index (χ1v) is 6.25. The van der Waals surface area contributed by atoms with Gasteiger partial charge in [0, 0.05) is 25.5 Å². The maximum atomic E-state index is 13.4. The number of hydrogen-bond acceptors (Lipinski definition) is 4. The number of hydrogen-bond donors (Lipinski definition) is 2. The van der Waals surface area contributed by atoms with Crippen LogP contribution in [0.3, 0.4) is 0 Å². The third-order valence-corrected chi connectivity index (χ3v) is 3.18. The van der Waals surface area contributed by atoms with E-state index in [0.717, 1.165) is 6.08 Å². The fourth-order valence-corrected chi connectivity index (χ4v) is 2.09. The summed E-state index contributed by atoms with van der Waals surface area (Å²) in [7, 11) is 1.43. The molecular weight excluding hydrogens is 267 g/mol. The SMILES string of the molecule is COC1C=C(C(=O)NC2CCC(=O)NC2=O)C=C(F)C1. The molecule has 108 valence electrons. The Balaban J connectivity index is 2.03. The van der Waals surface area contributed by atoms with Crippen LogP contribution >= 0.6 is 0 Å². The molecule has 0 spiro atoms. The maximum absolute atomic E-state index is 13.4. The Labute approximate surface area is 115 Å². The van der Waals surface area contributed by atoms with Crippen molar-refractivity contribution in [1.29, 1.82) is 0 Å². The minimum atomic E-state index is -0.777. The van der Waals surface area contributed by atoms with Gasteiger partial charge in [-0.25, -0.2) is 4.39 Å². The van der Waals surface area contributed by atoms with Gasteiger partial charge in [-0.15, -0.1) is 0 Å². The molecule has 1 fully saturated rings. The van der Waals surface area contributed by atoms with Crippen LogP contribution in [0.1, 0.15) is 19.3 Å². The van der Waals surface area contributed by atoms with Gasteiger partial charge >= 0.3 is 0 Å². The second-order valence-corrected chi connectivity index (χ2v) is 4.67. The molecule has 2 unspecified atom stereocenters. The molecular formula is C13H15FN2O4. The number of rotatable bonds is 3. The molecule has 0 aromatic carbocycles. The Kier molecular flexibility index (Phi) is 4.29. The van der Waals surface area contributed by atoms with E-state index >= 15 is 0 Å². The average Bonchev–Trinajstić information content (AvgIpc) is 2.41. The van der Waals surface area contributed by atoms with Crippen LogP contribution in [0.25, 0.3) is 0 Å². The molecule has 2 aliphatic rings. The molecule has 1 saturated heterocycles. The molecule has 2 N–H and O–H groups in total. The Morgan fingerprint density at radius 3 is 2.90 bits per heavy atom. The van der Waals surface area contributed by atoms with E-state index in [0.29, 0.717) is 0 Å². The largest absolute Gasteiger partial charge is 0.377 e. The van der Waals surface area contributed by atoms with Crippen molar-refractivity contribution >= 4 is 17.7 Å². The van der Waals surface area contributed by atoms with Crippen molar-refractivity contribution < 1.29 is 23.5 Å². The van der Waals surface area contributed by atoms with Gasteiger partial charge in [0.25, 0.3) is 5.91 Å². The van der Waals surface area contributed by atoms with Crippen LogP contribution < -0.4 is 10.6 Å². The first-order chi connectivity index (χ1) is 9.49. The highest BCUT2D eigenvalue weighted by atomic mass is 19.1. The molecule has 6 nitrogen and oxygen atoms in total. The molecule has 7 heteroatoms. The van der Waals surface area contributed by atoms with Crippen LogP contribution in [0.4, 0.5) is 4.39 Å². The monoisotopic (exact) mass is 282 g/mol. The molecule has 2 rings (SSSR count). The lowest BCUT2D eigenvalue weighted by molar-refractivity contribution is -0.136. The van der Waals surface area contributed by atoms with Crippen molar-refractivity contribution in [2.45, 2.75) is 31.4 Å². The second kappa shape index (κ2) is 5.96. The van der Waals surface area contributed by atoms with Gasteiger partial charge in [0.2, 0.25) is 11.8 Å². The zero-order valence-electron chi connectivity index (χ0n) is 10.9. The summed E-state index contributed by atoms with van der Waals surface area (Å²) in [6, 6.07) is -0.777. The van der Waals surface area contributed by atoms with E-state index in [-0.39, 0.29) is 30.7 Å². The zero-order valence-corrected chi connectivity index (χ0v) is 10.9. The van der Waals surface area contributed by atoms with Gasteiger partial charge in [-0.3, -0.25) is 19.7 Å². The summed E-state index contributed by atoms with van der Waals surface area (Å²) in [5, 5.41) is 4.63. The van der Waals surface area contributed by atoms with Crippen LogP contribution in [0.15, 0.2) is 23.6 Å². The second-order valence-electron chi connectivity index (χ2n) is 4.67. The van der Waals surface area contributed by atoms with Crippen molar-refractivity contribution in [3.05, 3.63) is 23.6 Å². The molecule has 1 aliphatic carbocycles. The van der Waals surface area contributed by atoms with Gasteiger partial charge in [0.15, 0.2) is 0 Å².